The van der Waals surface area contributed by atoms with Crippen molar-refractivity contribution >= 4 is 39.1 Å². The first kappa shape index (κ1) is 9.79. The van der Waals surface area contributed by atoms with E-state index in [1.54, 1.807) is 0 Å². The highest BCUT2D eigenvalue weighted by Crippen LogP contribution is 2.12. The van der Waals surface area contributed by atoms with Crippen LogP contribution in [-0.2, 0) is 0 Å². The van der Waals surface area contributed by atoms with Crippen LogP contribution in [0.5, 0.6) is 0 Å². The fraction of sp³-hybridized carbons (Fsp3) is 0.143. The summed E-state index contributed by atoms with van der Waals surface area (Å²) in [5, 5.41) is 0.999. The van der Waals surface area contributed by atoms with Crippen LogP contribution >= 0.6 is 39.1 Å². The van der Waals surface area contributed by atoms with Crippen molar-refractivity contribution in [3.63, 3.8) is 0 Å². The molecule has 12 heavy (non-hydrogen) atoms. The van der Waals surface area contributed by atoms with Gasteiger partial charge in [0.05, 0.1) is 10.9 Å². The van der Waals surface area contributed by atoms with Crippen LogP contribution in [0.15, 0.2) is 6.20 Å². The molecule has 0 N–H and O–H groups in total. The maximum absolute atomic E-state index is 5.71. The molecule has 0 aliphatic carbocycles. The molecule has 0 saturated heterocycles. The Kier molecular flexibility index (Phi) is 3.80. The highest BCUT2D eigenvalue weighted by atomic mass is 79.9. The molecule has 0 atom stereocenters. The van der Waals surface area contributed by atoms with Gasteiger partial charge < -0.3 is 0 Å². The second-order valence-electron chi connectivity index (χ2n) is 1.78. The Morgan fingerprint density at radius 1 is 1.50 bits per heavy atom. The van der Waals surface area contributed by atoms with Gasteiger partial charge in [0.1, 0.15) is 5.15 Å². The van der Waals surface area contributed by atoms with Crippen LogP contribution in [0.1, 0.15) is 5.56 Å². The zero-order valence-corrected chi connectivity index (χ0v) is 8.91. The maximum Gasteiger partial charge on any atom is 0.223 e. The van der Waals surface area contributed by atoms with E-state index >= 15 is 0 Å². The summed E-state index contributed by atoms with van der Waals surface area (Å²) in [6, 6.07) is 0. The normalized spacial score (nSPS) is 8.92. The highest BCUT2D eigenvalue weighted by molar-refractivity contribution is 9.09. The molecule has 0 radical (unpaired) electrons. The van der Waals surface area contributed by atoms with Crippen LogP contribution in [0, 0.1) is 11.8 Å². The van der Waals surface area contributed by atoms with Gasteiger partial charge in [0.15, 0.2) is 0 Å². The second-order valence-corrected chi connectivity index (χ2v) is 3.04. The summed E-state index contributed by atoms with van der Waals surface area (Å²) in [4.78, 5) is 7.47. The minimum Gasteiger partial charge on any atom is -0.225 e. The van der Waals surface area contributed by atoms with Gasteiger partial charge in [-0.05, 0) is 11.6 Å². The van der Waals surface area contributed by atoms with Crippen LogP contribution in [0.2, 0.25) is 10.4 Å². The summed E-state index contributed by atoms with van der Waals surface area (Å²) in [7, 11) is 0. The zero-order valence-electron chi connectivity index (χ0n) is 5.81. The van der Waals surface area contributed by atoms with Crippen molar-refractivity contribution in [2.75, 3.05) is 5.33 Å². The lowest BCUT2D eigenvalue weighted by molar-refractivity contribution is 1.16. The van der Waals surface area contributed by atoms with Crippen LogP contribution in [0.4, 0.5) is 0 Å². The monoisotopic (exact) mass is 264 g/mol. The molecule has 0 aromatic carbocycles. The van der Waals surface area contributed by atoms with Crippen molar-refractivity contribution in [1.29, 1.82) is 0 Å². The first-order valence-corrected chi connectivity index (χ1v) is 4.84. The molecule has 0 bridgehead atoms. The van der Waals surface area contributed by atoms with Crippen molar-refractivity contribution < 1.29 is 0 Å². The van der Waals surface area contributed by atoms with E-state index in [2.05, 4.69) is 37.7 Å². The fourth-order valence-electron chi connectivity index (χ4n) is 0.554. The van der Waals surface area contributed by atoms with E-state index in [0.29, 0.717) is 10.9 Å². The largest absolute Gasteiger partial charge is 0.225 e. The summed E-state index contributed by atoms with van der Waals surface area (Å²) in [6.45, 7) is 0. The number of nitrogens with zero attached hydrogens (tertiary/aromatic N) is 2. The molecule has 1 aromatic heterocycles. The third-order valence-electron chi connectivity index (χ3n) is 1.00. The summed E-state index contributed by atoms with van der Waals surface area (Å²) in [5.74, 6) is 5.56. The predicted octanol–water partition coefficient (Wildman–Crippen LogP) is 2.53. The standard InChI is InChI=1S/C7H3BrCl2N2/c8-3-1-2-5-4-11-7(10)12-6(5)9/h4H,3H2. The highest BCUT2D eigenvalue weighted by Gasteiger charge is 1.99. The number of aromatic nitrogens is 2. The number of halogens is 3. The molecule has 0 spiro atoms. The van der Waals surface area contributed by atoms with Gasteiger partial charge in [-0.3, -0.25) is 0 Å². The van der Waals surface area contributed by atoms with E-state index in [1.165, 1.54) is 6.20 Å². The Balaban J connectivity index is 3.01. The molecule has 2 nitrogen and oxygen atoms in total. The average molecular weight is 266 g/mol. The van der Waals surface area contributed by atoms with Crippen molar-refractivity contribution in [2.24, 2.45) is 0 Å². The van der Waals surface area contributed by atoms with E-state index < -0.39 is 0 Å². The summed E-state index contributed by atoms with van der Waals surface area (Å²) in [5.41, 5.74) is 0.584. The molecule has 62 valence electrons. The van der Waals surface area contributed by atoms with Crippen molar-refractivity contribution in [1.82, 2.24) is 9.97 Å². The molecular weight excluding hydrogens is 263 g/mol. The molecule has 0 saturated carbocycles. The van der Waals surface area contributed by atoms with Crippen LogP contribution in [0.3, 0.4) is 0 Å². The molecule has 0 aliphatic heterocycles. The van der Waals surface area contributed by atoms with E-state index in [-0.39, 0.29) is 10.4 Å². The molecule has 0 aliphatic rings. The van der Waals surface area contributed by atoms with E-state index in [1.807, 2.05) is 0 Å². The smallest absolute Gasteiger partial charge is 0.223 e. The van der Waals surface area contributed by atoms with Crippen LogP contribution in [0.25, 0.3) is 0 Å². The first-order valence-electron chi connectivity index (χ1n) is 2.97. The van der Waals surface area contributed by atoms with E-state index in [0.717, 1.165) is 0 Å². The summed E-state index contributed by atoms with van der Waals surface area (Å²) >= 11 is 14.4. The molecule has 5 heteroatoms. The Morgan fingerprint density at radius 3 is 2.83 bits per heavy atom. The van der Waals surface area contributed by atoms with Gasteiger partial charge in [-0.1, -0.05) is 39.4 Å². The Hall–Kier alpha value is -0.300. The van der Waals surface area contributed by atoms with Gasteiger partial charge in [-0.25, -0.2) is 9.97 Å². The van der Waals surface area contributed by atoms with Gasteiger partial charge >= 0.3 is 0 Å². The third-order valence-corrected chi connectivity index (χ3v) is 1.75. The zero-order chi connectivity index (χ0) is 8.97. The minimum absolute atomic E-state index is 0.129. The number of rotatable bonds is 0. The quantitative estimate of drug-likeness (QED) is 0.312. The van der Waals surface area contributed by atoms with Crippen LogP contribution < -0.4 is 0 Å². The third kappa shape index (κ3) is 2.63. The summed E-state index contributed by atoms with van der Waals surface area (Å²) in [6.07, 6.45) is 1.49. The molecule has 1 heterocycles. The van der Waals surface area contributed by atoms with Gasteiger partial charge in [0, 0.05) is 6.20 Å². The molecule has 0 fully saturated rings. The lowest BCUT2D eigenvalue weighted by Crippen LogP contribution is -1.86. The predicted molar refractivity (Wildman–Crippen MR) is 52.7 cm³/mol. The lowest BCUT2D eigenvalue weighted by atomic mass is 10.3. The molecule has 1 rings (SSSR count). The van der Waals surface area contributed by atoms with E-state index in [4.69, 9.17) is 23.2 Å². The molecule has 0 amide bonds. The SMILES string of the molecule is Clc1ncc(C#CCBr)c(Cl)n1. The van der Waals surface area contributed by atoms with Crippen molar-refractivity contribution in [2.45, 2.75) is 0 Å². The number of hydrogen-bond donors (Lipinski definition) is 0. The maximum atomic E-state index is 5.71. The van der Waals surface area contributed by atoms with Crippen molar-refractivity contribution in [3.8, 4) is 11.8 Å². The van der Waals surface area contributed by atoms with Gasteiger partial charge in [-0.2, -0.15) is 0 Å². The van der Waals surface area contributed by atoms with Gasteiger partial charge in [0.2, 0.25) is 5.28 Å². The Morgan fingerprint density at radius 2 is 2.25 bits per heavy atom. The van der Waals surface area contributed by atoms with Crippen LogP contribution in [-0.4, -0.2) is 15.3 Å². The molecule has 0 unspecified atom stereocenters. The first-order chi connectivity index (χ1) is 5.74. The number of alkyl halides is 1. The summed E-state index contributed by atoms with van der Waals surface area (Å²) < 4.78 is 0. The Bertz CT molecular complexity index is 343. The topological polar surface area (TPSA) is 25.8 Å². The van der Waals surface area contributed by atoms with Crippen molar-refractivity contribution in [3.05, 3.63) is 22.2 Å². The van der Waals surface area contributed by atoms with E-state index in [9.17, 15) is 0 Å². The fourth-order valence-corrected chi connectivity index (χ4v) is 1.05. The Labute approximate surface area is 88.4 Å². The minimum atomic E-state index is 0.129. The van der Waals surface area contributed by atoms with Gasteiger partial charge in [-0.15, -0.1) is 0 Å². The lowest BCUT2D eigenvalue weighted by Gasteiger charge is -1.92. The second kappa shape index (κ2) is 4.66. The number of hydrogen-bond acceptors (Lipinski definition) is 2. The molecular formula is C7H3BrCl2N2. The van der Waals surface area contributed by atoms with Gasteiger partial charge in [0.25, 0.3) is 0 Å². The average Bonchev–Trinajstić information content (AvgIpc) is 2.03. The molecule has 1 aromatic rings.